The molecular formula is C35H34O7. The van der Waals surface area contributed by atoms with Gasteiger partial charge < -0.3 is 28.4 Å². The van der Waals surface area contributed by atoms with Gasteiger partial charge in [0.15, 0.2) is 11.5 Å². The average Bonchev–Trinajstić information content (AvgIpc) is 3.64. The quantitative estimate of drug-likeness (QED) is 0.194. The van der Waals surface area contributed by atoms with E-state index in [-0.39, 0.29) is 24.6 Å². The summed E-state index contributed by atoms with van der Waals surface area (Å²) in [4.78, 5) is 13.8. The summed E-state index contributed by atoms with van der Waals surface area (Å²) in [5, 5.41) is 0. The van der Waals surface area contributed by atoms with Gasteiger partial charge in [-0.25, -0.2) is 0 Å². The summed E-state index contributed by atoms with van der Waals surface area (Å²) in [5.41, 5.74) is 4.88. The van der Waals surface area contributed by atoms with Crippen molar-refractivity contribution in [3.05, 3.63) is 113 Å². The second-order valence-electron chi connectivity index (χ2n) is 10.4. The second kappa shape index (κ2) is 12.1. The first-order valence-corrected chi connectivity index (χ1v) is 14.2. The van der Waals surface area contributed by atoms with Crippen LogP contribution in [-0.4, -0.2) is 33.6 Å². The number of methoxy groups -OCH3 is 2. The van der Waals surface area contributed by atoms with Gasteiger partial charge in [0.2, 0.25) is 6.79 Å². The third-order valence-corrected chi connectivity index (χ3v) is 7.94. The van der Waals surface area contributed by atoms with E-state index in [0.29, 0.717) is 36.2 Å². The minimum atomic E-state index is -0.570. The standard InChI is InChI=1S/C35H34O7/c1-4-16-39-25-12-13-26-28(18-25)33(27-14-11-24(37-2)19-30(27)40-20-22-8-6-5-7-9-22)34(35(36)38-3)32(26)23-10-15-29-31(17-23)42-21-41-29/h5-15,17-19,32-34H,4,16,20-21H2,1-3H3. The van der Waals surface area contributed by atoms with E-state index < -0.39 is 5.92 Å². The fraction of sp³-hybridized carbons (Fsp3) is 0.286. The van der Waals surface area contributed by atoms with E-state index in [0.717, 1.165) is 40.0 Å². The molecular weight excluding hydrogens is 532 g/mol. The summed E-state index contributed by atoms with van der Waals surface area (Å²) in [5.74, 6) is 1.89. The van der Waals surface area contributed by atoms with Gasteiger partial charge in [-0.1, -0.05) is 55.5 Å². The highest BCUT2D eigenvalue weighted by Crippen LogP contribution is 2.56. The second-order valence-corrected chi connectivity index (χ2v) is 10.4. The van der Waals surface area contributed by atoms with Crippen molar-refractivity contribution in [1.29, 1.82) is 0 Å². The molecule has 0 fully saturated rings. The minimum Gasteiger partial charge on any atom is -0.497 e. The largest absolute Gasteiger partial charge is 0.497 e. The molecule has 1 aliphatic heterocycles. The number of carbonyl (C=O) groups is 1. The Hall–Kier alpha value is -4.65. The molecule has 0 bridgehead atoms. The smallest absolute Gasteiger partial charge is 0.310 e. The Bertz CT molecular complexity index is 1570. The van der Waals surface area contributed by atoms with Crippen LogP contribution in [0, 0.1) is 5.92 Å². The molecule has 2 aliphatic rings. The number of hydrogen-bond acceptors (Lipinski definition) is 7. The monoisotopic (exact) mass is 566 g/mol. The summed E-state index contributed by atoms with van der Waals surface area (Å²) < 4.78 is 34.8. The van der Waals surface area contributed by atoms with Crippen LogP contribution in [0.25, 0.3) is 0 Å². The number of rotatable bonds is 10. The van der Waals surface area contributed by atoms with Gasteiger partial charge in [-0.3, -0.25) is 4.79 Å². The topological polar surface area (TPSA) is 72.5 Å². The van der Waals surface area contributed by atoms with Crippen molar-refractivity contribution in [3.8, 4) is 28.7 Å². The van der Waals surface area contributed by atoms with Crippen molar-refractivity contribution in [2.75, 3.05) is 27.6 Å². The predicted octanol–water partition coefficient (Wildman–Crippen LogP) is 6.86. The van der Waals surface area contributed by atoms with Crippen LogP contribution < -0.4 is 23.7 Å². The normalized spacial score (nSPS) is 18.3. The predicted molar refractivity (Wildman–Crippen MR) is 158 cm³/mol. The molecule has 4 aromatic carbocycles. The van der Waals surface area contributed by atoms with E-state index in [9.17, 15) is 4.79 Å². The van der Waals surface area contributed by atoms with Crippen molar-refractivity contribution < 1.29 is 33.2 Å². The molecule has 0 amide bonds. The van der Waals surface area contributed by atoms with Gasteiger partial charge in [0, 0.05) is 23.5 Å². The van der Waals surface area contributed by atoms with Crippen molar-refractivity contribution in [2.45, 2.75) is 31.8 Å². The maximum atomic E-state index is 13.8. The Morgan fingerprint density at radius 3 is 2.36 bits per heavy atom. The maximum absolute atomic E-state index is 13.8. The minimum absolute atomic E-state index is 0.176. The summed E-state index contributed by atoms with van der Waals surface area (Å²) in [6, 6.07) is 27.8. The summed E-state index contributed by atoms with van der Waals surface area (Å²) in [7, 11) is 3.07. The molecule has 1 heterocycles. The third-order valence-electron chi connectivity index (χ3n) is 7.94. The first-order valence-electron chi connectivity index (χ1n) is 14.2. The van der Waals surface area contributed by atoms with Gasteiger partial charge >= 0.3 is 5.97 Å². The molecule has 0 N–H and O–H groups in total. The zero-order chi connectivity index (χ0) is 29.1. The summed E-state index contributed by atoms with van der Waals surface area (Å²) in [6.45, 7) is 3.22. The summed E-state index contributed by atoms with van der Waals surface area (Å²) >= 11 is 0. The van der Waals surface area contributed by atoms with Crippen molar-refractivity contribution in [2.24, 2.45) is 5.92 Å². The van der Waals surface area contributed by atoms with Crippen LogP contribution in [0.1, 0.15) is 53.0 Å². The zero-order valence-corrected chi connectivity index (χ0v) is 24.0. The number of benzene rings is 4. The molecule has 42 heavy (non-hydrogen) atoms. The Morgan fingerprint density at radius 1 is 0.786 bits per heavy atom. The zero-order valence-electron chi connectivity index (χ0n) is 24.0. The lowest BCUT2D eigenvalue weighted by Gasteiger charge is -2.26. The van der Waals surface area contributed by atoms with E-state index in [4.69, 9.17) is 28.4 Å². The molecule has 3 unspecified atom stereocenters. The molecule has 216 valence electrons. The van der Waals surface area contributed by atoms with Crippen LogP contribution in [0.2, 0.25) is 0 Å². The van der Waals surface area contributed by atoms with Crippen LogP contribution in [0.3, 0.4) is 0 Å². The molecule has 4 aromatic rings. The van der Waals surface area contributed by atoms with Gasteiger partial charge in [-0.2, -0.15) is 0 Å². The lowest BCUT2D eigenvalue weighted by Crippen LogP contribution is -2.26. The number of ether oxygens (including phenoxy) is 6. The average molecular weight is 567 g/mol. The Kier molecular flexibility index (Phi) is 7.91. The number of fused-ring (bicyclic) bond motifs is 2. The van der Waals surface area contributed by atoms with Gasteiger partial charge in [-0.05, 0) is 59.0 Å². The molecule has 0 aromatic heterocycles. The maximum Gasteiger partial charge on any atom is 0.310 e. The van der Waals surface area contributed by atoms with Crippen molar-refractivity contribution >= 4 is 5.97 Å². The highest BCUT2D eigenvalue weighted by molar-refractivity contribution is 5.80. The SMILES string of the molecule is CCCOc1ccc2c(c1)C(c1ccc(OC)cc1OCc1ccccc1)C(C(=O)OC)C2c1ccc2c(c1)OCO2. The molecule has 7 nitrogen and oxygen atoms in total. The highest BCUT2D eigenvalue weighted by atomic mass is 16.7. The van der Waals surface area contributed by atoms with E-state index in [1.165, 1.54) is 7.11 Å². The molecule has 3 atom stereocenters. The molecule has 0 saturated carbocycles. The fourth-order valence-corrected chi connectivity index (χ4v) is 6.02. The van der Waals surface area contributed by atoms with Gasteiger partial charge in [0.25, 0.3) is 0 Å². The lowest BCUT2D eigenvalue weighted by molar-refractivity contribution is -0.146. The summed E-state index contributed by atoms with van der Waals surface area (Å²) in [6.07, 6.45) is 0.890. The van der Waals surface area contributed by atoms with Crippen LogP contribution >= 0.6 is 0 Å². The fourth-order valence-electron chi connectivity index (χ4n) is 6.02. The van der Waals surface area contributed by atoms with Gasteiger partial charge in [0.1, 0.15) is 23.9 Å². The Balaban J connectivity index is 1.50. The van der Waals surface area contributed by atoms with Crippen molar-refractivity contribution in [1.82, 2.24) is 0 Å². The van der Waals surface area contributed by atoms with E-state index in [1.54, 1.807) is 7.11 Å². The number of hydrogen-bond donors (Lipinski definition) is 0. The van der Waals surface area contributed by atoms with Crippen molar-refractivity contribution in [3.63, 3.8) is 0 Å². The Morgan fingerprint density at radius 2 is 1.57 bits per heavy atom. The number of esters is 1. The Labute approximate surface area is 245 Å². The van der Waals surface area contributed by atoms with Crippen LogP contribution in [0.5, 0.6) is 28.7 Å². The molecule has 0 saturated heterocycles. The molecule has 0 radical (unpaired) electrons. The third kappa shape index (κ3) is 5.22. The van der Waals surface area contributed by atoms with E-state index in [2.05, 4.69) is 19.1 Å². The van der Waals surface area contributed by atoms with Crippen LogP contribution in [0.4, 0.5) is 0 Å². The molecule has 7 heteroatoms. The van der Waals surface area contributed by atoms with Crippen LogP contribution in [-0.2, 0) is 16.1 Å². The van der Waals surface area contributed by atoms with Gasteiger partial charge in [-0.15, -0.1) is 0 Å². The highest BCUT2D eigenvalue weighted by Gasteiger charge is 2.48. The van der Waals surface area contributed by atoms with Crippen LogP contribution in [0.15, 0.2) is 84.9 Å². The lowest BCUT2D eigenvalue weighted by atomic mass is 9.79. The number of carbonyl (C=O) groups excluding carboxylic acids is 1. The first-order chi connectivity index (χ1) is 20.6. The molecule has 0 spiro atoms. The van der Waals surface area contributed by atoms with E-state index in [1.807, 2.05) is 72.8 Å². The first kappa shape index (κ1) is 27.5. The molecule has 1 aliphatic carbocycles. The molecule has 6 rings (SSSR count). The van der Waals surface area contributed by atoms with Gasteiger partial charge in [0.05, 0.1) is 26.7 Å². The van der Waals surface area contributed by atoms with E-state index >= 15 is 0 Å².